The number of esters is 4. The molecule has 58 heavy (non-hydrogen) atoms. The van der Waals surface area contributed by atoms with Gasteiger partial charge in [0.1, 0.15) is 6.10 Å². The Morgan fingerprint density at radius 1 is 0.879 bits per heavy atom. The van der Waals surface area contributed by atoms with Crippen molar-refractivity contribution in [3.63, 3.8) is 0 Å². The molecule has 3 N–H and O–H groups in total. The van der Waals surface area contributed by atoms with Crippen molar-refractivity contribution in [1.29, 1.82) is 0 Å². The number of ether oxygens (including phenoxy) is 7. The molecule has 9 atom stereocenters. The van der Waals surface area contributed by atoms with E-state index in [0.717, 1.165) is 37.7 Å². The fraction of sp³-hybridized carbons (Fsp3) is 0.773. The van der Waals surface area contributed by atoms with Gasteiger partial charge < -0.3 is 48.5 Å². The molecule has 14 heteroatoms. The Labute approximate surface area is 343 Å². The van der Waals surface area contributed by atoms with Crippen molar-refractivity contribution in [2.45, 2.75) is 186 Å². The molecule has 4 heterocycles. The average molecular weight is 821 g/mol. The van der Waals surface area contributed by atoms with Gasteiger partial charge in [-0.1, -0.05) is 78.0 Å². The second-order valence-electron chi connectivity index (χ2n) is 17.7. The van der Waals surface area contributed by atoms with Crippen molar-refractivity contribution in [2.24, 2.45) is 10.8 Å². The summed E-state index contributed by atoms with van der Waals surface area (Å²) in [5, 5.41) is 34.2. The number of hydrogen-bond donors (Lipinski definition) is 3. The van der Waals surface area contributed by atoms with Crippen LogP contribution >= 0.6 is 0 Å². The Bertz CT molecular complexity index is 1500. The summed E-state index contributed by atoms with van der Waals surface area (Å²) in [5.74, 6) is -4.84. The van der Waals surface area contributed by atoms with Gasteiger partial charge in [0.05, 0.1) is 63.9 Å². The quantitative estimate of drug-likeness (QED) is 0.0825. The number of methoxy groups -OCH3 is 2. The summed E-state index contributed by atoms with van der Waals surface area (Å²) in [7, 11) is 2.53. The smallest absolute Gasteiger partial charge is 0.330 e. The molecule has 0 radical (unpaired) electrons. The lowest BCUT2D eigenvalue weighted by atomic mass is 9.74. The Balaban J connectivity index is 1.78. The molecule has 328 valence electrons. The molecule has 6 bridgehead atoms. The monoisotopic (exact) mass is 820 g/mol. The molecule has 0 aliphatic carbocycles. The fourth-order valence-corrected chi connectivity index (χ4v) is 8.44. The Morgan fingerprint density at radius 3 is 2.28 bits per heavy atom. The third kappa shape index (κ3) is 13.2. The van der Waals surface area contributed by atoms with Crippen LogP contribution in [0.5, 0.6) is 0 Å². The van der Waals surface area contributed by atoms with Gasteiger partial charge in [-0.05, 0) is 49.5 Å². The van der Waals surface area contributed by atoms with Gasteiger partial charge in [0.2, 0.25) is 5.79 Å². The van der Waals surface area contributed by atoms with Gasteiger partial charge in [0.15, 0.2) is 6.10 Å². The molecule has 0 aromatic heterocycles. The molecule has 4 rings (SSSR count). The van der Waals surface area contributed by atoms with E-state index in [4.69, 9.17) is 33.2 Å². The first-order valence-electron chi connectivity index (χ1n) is 21.1. The van der Waals surface area contributed by atoms with Gasteiger partial charge in [-0.25, -0.2) is 9.59 Å². The zero-order valence-electron chi connectivity index (χ0n) is 35.6. The molecule has 0 unspecified atom stereocenters. The number of cyclic esters (lactones) is 1. The van der Waals surface area contributed by atoms with E-state index in [0.29, 0.717) is 32.1 Å². The molecule has 0 spiro atoms. The highest BCUT2D eigenvalue weighted by Gasteiger charge is 2.57. The maximum atomic E-state index is 13.4. The molecule has 4 aliphatic rings. The van der Waals surface area contributed by atoms with E-state index in [9.17, 15) is 34.5 Å². The predicted octanol–water partition coefficient (Wildman–Crippen LogP) is 5.48. The molecule has 14 nitrogen and oxygen atoms in total. The van der Waals surface area contributed by atoms with E-state index in [1.807, 2.05) is 0 Å². The van der Waals surface area contributed by atoms with Gasteiger partial charge >= 0.3 is 23.9 Å². The molecular formula is C44H68O14. The Hall–Kier alpha value is -3.14. The molecule has 0 aromatic rings. The largest absolute Gasteiger partial charge is 0.466 e. The number of fused-ring (bicyclic) bond motifs is 6. The van der Waals surface area contributed by atoms with Crippen LogP contribution in [0.1, 0.15) is 131 Å². The maximum Gasteiger partial charge on any atom is 0.330 e. The van der Waals surface area contributed by atoms with Crippen LogP contribution in [-0.4, -0.2) is 115 Å². The second kappa shape index (κ2) is 21.4. The summed E-state index contributed by atoms with van der Waals surface area (Å²) in [6, 6.07) is 0. The van der Waals surface area contributed by atoms with Crippen LogP contribution in [0.25, 0.3) is 0 Å². The van der Waals surface area contributed by atoms with Crippen LogP contribution in [0.2, 0.25) is 0 Å². The van der Waals surface area contributed by atoms with E-state index in [-0.39, 0.29) is 61.4 Å². The topological polar surface area (TPSA) is 194 Å². The molecule has 0 amide bonds. The number of aliphatic hydroxyl groups is 3. The van der Waals surface area contributed by atoms with Crippen molar-refractivity contribution >= 4 is 23.9 Å². The first-order chi connectivity index (χ1) is 27.4. The lowest BCUT2D eigenvalue weighted by molar-refractivity contribution is -0.327. The van der Waals surface area contributed by atoms with Crippen molar-refractivity contribution in [2.75, 3.05) is 20.8 Å². The summed E-state index contributed by atoms with van der Waals surface area (Å²) in [6.45, 7) is 9.17. The number of hydrogen-bond acceptors (Lipinski definition) is 14. The molecular weight excluding hydrogens is 752 g/mol. The van der Waals surface area contributed by atoms with Gasteiger partial charge in [0, 0.05) is 43.3 Å². The molecule has 3 saturated heterocycles. The standard InChI is InChI=1S/C44H68O14/c1-8-9-10-11-12-13-37(47)57-41-29(22-39(49)53-7)21-34-25-35(27-45)56-40(50)24-30(46)23-32-14-16-42(2,3)36(55-32)26-33-19-28(20-38(48)52-6)18-31(54-33)15-17-43(4,5)44(41,51)58-34/h15,17,20,22,30-36,41,45-46,51H,8-14,16,18-19,21,23-27H2,1-7H3/b17-15+,28-20+,29-22+/t30-,31+,32+,33+,34+,35-,36+,41+,44-/m1/s1. The molecule has 3 fully saturated rings. The van der Waals surface area contributed by atoms with Crippen LogP contribution in [0.4, 0.5) is 0 Å². The minimum absolute atomic E-state index is 0.0338. The normalized spacial score (nSPS) is 35.0. The number of rotatable bonds is 10. The Kier molecular flexibility index (Phi) is 17.5. The van der Waals surface area contributed by atoms with Gasteiger partial charge in [-0.15, -0.1) is 0 Å². The lowest BCUT2D eigenvalue weighted by Crippen LogP contribution is -2.62. The summed E-state index contributed by atoms with van der Waals surface area (Å²) in [5.41, 5.74) is -0.554. The van der Waals surface area contributed by atoms with Crippen molar-refractivity contribution in [3.8, 4) is 0 Å². The molecule has 4 aliphatic heterocycles. The van der Waals surface area contributed by atoms with Crippen LogP contribution in [0, 0.1) is 10.8 Å². The van der Waals surface area contributed by atoms with Crippen molar-refractivity contribution < 1.29 is 67.7 Å². The highest BCUT2D eigenvalue weighted by atomic mass is 16.7. The first-order valence-corrected chi connectivity index (χ1v) is 21.1. The van der Waals surface area contributed by atoms with Crippen LogP contribution in [0.3, 0.4) is 0 Å². The first kappa shape index (κ1) is 47.5. The van der Waals surface area contributed by atoms with E-state index >= 15 is 0 Å². The number of carbonyl (C=O) groups is 4. The number of carbonyl (C=O) groups excluding carboxylic acids is 4. The van der Waals surface area contributed by atoms with Gasteiger partial charge in [-0.2, -0.15) is 0 Å². The minimum atomic E-state index is -2.31. The van der Waals surface area contributed by atoms with Gasteiger partial charge in [0.25, 0.3) is 0 Å². The van der Waals surface area contributed by atoms with Crippen LogP contribution in [0.15, 0.2) is 35.5 Å². The zero-order chi connectivity index (χ0) is 42.7. The van der Waals surface area contributed by atoms with Crippen LogP contribution in [-0.2, 0) is 52.3 Å². The van der Waals surface area contributed by atoms with Crippen molar-refractivity contribution in [1.82, 2.24) is 0 Å². The van der Waals surface area contributed by atoms with E-state index in [2.05, 4.69) is 20.8 Å². The average Bonchev–Trinajstić information content (AvgIpc) is 3.15. The third-order valence-corrected chi connectivity index (χ3v) is 12.0. The summed E-state index contributed by atoms with van der Waals surface area (Å²) in [4.78, 5) is 51.9. The van der Waals surface area contributed by atoms with E-state index in [1.54, 1.807) is 26.0 Å². The minimum Gasteiger partial charge on any atom is -0.466 e. The highest BCUT2D eigenvalue weighted by Crippen LogP contribution is 2.47. The second-order valence-corrected chi connectivity index (χ2v) is 17.7. The van der Waals surface area contributed by atoms with Crippen molar-refractivity contribution in [3.05, 3.63) is 35.5 Å². The van der Waals surface area contributed by atoms with Crippen LogP contribution < -0.4 is 0 Å². The number of unbranched alkanes of at least 4 members (excludes halogenated alkanes) is 4. The lowest BCUT2D eigenvalue weighted by Gasteiger charge is -2.51. The van der Waals surface area contributed by atoms with E-state index in [1.165, 1.54) is 26.4 Å². The van der Waals surface area contributed by atoms with E-state index < -0.39 is 72.2 Å². The summed E-state index contributed by atoms with van der Waals surface area (Å²) in [6.07, 6.45) is 7.16. The summed E-state index contributed by atoms with van der Waals surface area (Å²) >= 11 is 0. The molecule has 0 saturated carbocycles. The van der Waals surface area contributed by atoms with Gasteiger partial charge in [-0.3, -0.25) is 9.59 Å². The Morgan fingerprint density at radius 2 is 1.59 bits per heavy atom. The fourth-order valence-electron chi connectivity index (χ4n) is 8.44. The number of aliphatic hydroxyl groups excluding tert-OH is 2. The predicted molar refractivity (Wildman–Crippen MR) is 212 cm³/mol. The maximum absolute atomic E-state index is 13.4. The molecule has 0 aromatic carbocycles. The SMILES string of the molecule is CCCCCCCC(=O)O[C@H]1/C(=C/C(=O)OC)C[C@H]2C[C@H](CO)OC(=O)C[C@H](O)C[C@@H]3CCC(C)(C)[C@H](C[C@@H]4C/C(=C/C(=O)OC)C[C@H](/C=C/C(C)(C)[C@]1(O)O2)O4)O3. The third-order valence-electron chi connectivity index (χ3n) is 12.0. The zero-order valence-corrected chi connectivity index (χ0v) is 35.6. The highest BCUT2D eigenvalue weighted by molar-refractivity contribution is 5.83. The summed E-state index contributed by atoms with van der Waals surface area (Å²) < 4.78 is 41.4.